The first-order chi connectivity index (χ1) is 10.7. The van der Waals surface area contributed by atoms with E-state index in [1.54, 1.807) is 6.08 Å². The van der Waals surface area contributed by atoms with Crippen molar-refractivity contribution >= 4 is 6.29 Å². The van der Waals surface area contributed by atoms with Crippen LogP contribution in [0.3, 0.4) is 0 Å². The Morgan fingerprint density at radius 2 is 1.77 bits per heavy atom. The van der Waals surface area contributed by atoms with Crippen LogP contribution in [0, 0.1) is 22.0 Å². The Balaban J connectivity index is 3.87. The van der Waals surface area contributed by atoms with Gasteiger partial charge in [-0.1, -0.05) is 44.9 Å². The van der Waals surface area contributed by atoms with Crippen LogP contribution < -0.4 is 0 Å². The average molecular weight is 307 g/mol. The van der Waals surface area contributed by atoms with Gasteiger partial charge in [-0.15, -0.1) is 5.92 Å². The van der Waals surface area contributed by atoms with Gasteiger partial charge in [-0.05, 0) is 19.3 Å². The van der Waals surface area contributed by atoms with E-state index >= 15 is 0 Å². The van der Waals surface area contributed by atoms with Gasteiger partial charge < -0.3 is 4.79 Å². The van der Waals surface area contributed by atoms with E-state index < -0.39 is 0 Å². The van der Waals surface area contributed by atoms with E-state index in [9.17, 15) is 14.9 Å². The lowest BCUT2D eigenvalue weighted by molar-refractivity contribution is -0.428. The molecule has 4 heteroatoms. The fourth-order valence-electron chi connectivity index (χ4n) is 2.12. The second-order valence-electron chi connectivity index (χ2n) is 5.44. The SMILES string of the molecule is CCCCCC#CCC=C(CCCCCCCC=O)[N+](=O)[O-]. The van der Waals surface area contributed by atoms with Crippen LogP contribution in [-0.2, 0) is 4.79 Å². The number of aldehydes is 1. The summed E-state index contributed by atoms with van der Waals surface area (Å²) in [6, 6.07) is 0. The van der Waals surface area contributed by atoms with Crippen LogP contribution in [-0.4, -0.2) is 11.2 Å². The highest BCUT2D eigenvalue weighted by molar-refractivity contribution is 5.48. The highest BCUT2D eigenvalue weighted by Crippen LogP contribution is 2.12. The average Bonchev–Trinajstić information content (AvgIpc) is 2.50. The van der Waals surface area contributed by atoms with Crippen LogP contribution in [0.15, 0.2) is 11.8 Å². The van der Waals surface area contributed by atoms with E-state index in [1.165, 1.54) is 12.8 Å². The number of carbonyl (C=O) groups is 1. The summed E-state index contributed by atoms with van der Waals surface area (Å²) in [5.41, 5.74) is 0.288. The zero-order valence-corrected chi connectivity index (χ0v) is 13.8. The molecule has 0 spiro atoms. The molecule has 0 rings (SSSR count). The number of nitro groups is 1. The molecule has 0 heterocycles. The molecule has 0 atom stereocenters. The van der Waals surface area contributed by atoms with Crippen molar-refractivity contribution in [2.75, 3.05) is 0 Å². The first-order valence-corrected chi connectivity index (χ1v) is 8.45. The Morgan fingerprint density at radius 3 is 2.45 bits per heavy atom. The van der Waals surface area contributed by atoms with Crippen molar-refractivity contribution in [2.45, 2.75) is 84.0 Å². The topological polar surface area (TPSA) is 60.2 Å². The molecule has 0 saturated carbocycles. The minimum Gasteiger partial charge on any atom is -0.303 e. The summed E-state index contributed by atoms with van der Waals surface area (Å²) in [6.45, 7) is 2.15. The minimum absolute atomic E-state index is 0.287. The number of rotatable bonds is 13. The smallest absolute Gasteiger partial charge is 0.243 e. The Kier molecular flexibility index (Phi) is 14.6. The predicted octanol–water partition coefficient (Wildman–Crippen LogP) is 5.05. The summed E-state index contributed by atoms with van der Waals surface area (Å²) in [4.78, 5) is 20.8. The van der Waals surface area contributed by atoms with Crippen LogP contribution >= 0.6 is 0 Å². The fourth-order valence-corrected chi connectivity index (χ4v) is 2.12. The molecule has 0 fully saturated rings. The maximum atomic E-state index is 11.0. The molecule has 0 bridgehead atoms. The Morgan fingerprint density at radius 1 is 1.05 bits per heavy atom. The molecule has 0 N–H and O–H groups in total. The monoisotopic (exact) mass is 307 g/mol. The van der Waals surface area contributed by atoms with Gasteiger partial charge in [0.25, 0.3) is 0 Å². The summed E-state index contributed by atoms with van der Waals surface area (Å²) in [5.74, 6) is 6.06. The van der Waals surface area contributed by atoms with Crippen molar-refractivity contribution in [1.29, 1.82) is 0 Å². The maximum absolute atomic E-state index is 11.0. The number of hydrogen-bond donors (Lipinski definition) is 0. The molecular weight excluding hydrogens is 278 g/mol. The Labute approximate surface area is 134 Å². The second kappa shape index (κ2) is 15.8. The first kappa shape index (κ1) is 20.4. The molecule has 124 valence electrons. The first-order valence-electron chi connectivity index (χ1n) is 8.45. The molecule has 0 aromatic heterocycles. The van der Waals surface area contributed by atoms with Gasteiger partial charge in [-0.2, -0.15) is 0 Å². The Hall–Kier alpha value is -1.63. The lowest BCUT2D eigenvalue weighted by Crippen LogP contribution is -1.98. The van der Waals surface area contributed by atoms with Crippen molar-refractivity contribution in [3.05, 3.63) is 21.9 Å². The van der Waals surface area contributed by atoms with E-state index in [0.717, 1.165) is 51.2 Å². The molecule has 0 radical (unpaired) electrons. The van der Waals surface area contributed by atoms with Gasteiger partial charge in [0.2, 0.25) is 5.70 Å². The molecular formula is C18H29NO3. The zero-order chi connectivity index (χ0) is 16.5. The lowest BCUT2D eigenvalue weighted by Gasteiger charge is -1.99. The van der Waals surface area contributed by atoms with Crippen molar-refractivity contribution in [3.63, 3.8) is 0 Å². The molecule has 0 aliphatic heterocycles. The molecule has 0 aliphatic rings. The van der Waals surface area contributed by atoms with Crippen molar-refractivity contribution < 1.29 is 9.72 Å². The molecule has 0 aromatic carbocycles. The molecule has 0 unspecified atom stereocenters. The number of unbranched alkanes of at least 4 members (excludes halogenated alkanes) is 8. The van der Waals surface area contributed by atoms with Crippen molar-refractivity contribution in [1.82, 2.24) is 0 Å². The quantitative estimate of drug-likeness (QED) is 0.157. The maximum Gasteiger partial charge on any atom is 0.243 e. The van der Waals surface area contributed by atoms with Gasteiger partial charge in [0.15, 0.2) is 0 Å². The van der Waals surface area contributed by atoms with Gasteiger partial charge in [0.1, 0.15) is 6.29 Å². The lowest BCUT2D eigenvalue weighted by atomic mass is 10.1. The van der Waals surface area contributed by atoms with Crippen LogP contribution in [0.2, 0.25) is 0 Å². The number of carbonyl (C=O) groups excluding carboxylic acids is 1. The van der Waals surface area contributed by atoms with Crippen LogP contribution in [0.5, 0.6) is 0 Å². The molecule has 0 amide bonds. The molecule has 0 aromatic rings. The van der Waals surface area contributed by atoms with E-state index in [1.807, 2.05) is 0 Å². The van der Waals surface area contributed by atoms with Gasteiger partial charge in [-0.25, -0.2) is 0 Å². The molecule has 22 heavy (non-hydrogen) atoms. The van der Waals surface area contributed by atoms with Gasteiger partial charge in [0, 0.05) is 31.8 Å². The van der Waals surface area contributed by atoms with E-state index in [4.69, 9.17) is 0 Å². The van der Waals surface area contributed by atoms with Crippen LogP contribution in [0.1, 0.15) is 84.0 Å². The zero-order valence-electron chi connectivity index (χ0n) is 13.8. The van der Waals surface area contributed by atoms with Gasteiger partial charge in [-0.3, -0.25) is 10.1 Å². The summed E-state index contributed by atoms with van der Waals surface area (Å²) in [5, 5.41) is 11.0. The van der Waals surface area contributed by atoms with E-state index in [0.29, 0.717) is 19.3 Å². The van der Waals surface area contributed by atoms with Crippen LogP contribution in [0.25, 0.3) is 0 Å². The highest BCUT2D eigenvalue weighted by Gasteiger charge is 2.08. The van der Waals surface area contributed by atoms with E-state index in [2.05, 4.69) is 18.8 Å². The number of nitrogens with zero attached hydrogens (tertiary/aromatic N) is 1. The molecule has 0 aliphatic carbocycles. The second-order valence-corrected chi connectivity index (χ2v) is 5.44. The minimum atomic E-state index is -0.287. The normalized spacial score (nSPS) is 10.9. The summed E-state index contributed by atoms with van der Waals surface area (Å²) in [7, 11) is 0. The van der Waals surface area contributed by atoms with Gasteiger partial charge in [0.05, 0.1) is 4.92 Å². The molecule has 0 saturated heterocycles. The third-order valence-corrected chi connectivity index (χ3v) is 3.46. The van der Waals surface area contributed by atoms with Crippen molar-refractivity contribution in [3.8, 4) is 11.8 Å². The van der Waals surface area contributed by atoms with E-state index in [-0.39, 0.29) is 10.6 Å². The summed E-state index contributed by atoms with van der Waals surface area (Å²) < 4.78 is 0. The fraction of sp³-hybridized carbons (Fsp3) is 0.722. The third-order valence-electron chi connectivity index (χ3n) is 3.46. The largest absolute Gasteiger partial charge is 0.303 e. The van der Waals surface area contributed by atoms with Crippen molar-refractivity contribution in [2.24, 2.45) is 0 Å². The van der Waals surface area contributed by atoms with Gasteiger partial charge >= 0.3 is 0 Å². The molecule has 4 nitrogen and oxygen atoms in total. The number of allylic oxidation sites excluding steroid dienone is 2. The number of hydrogen-bond acceptors (Lipinski definition) is 3. The predicted molar refractivity (Wildman–Crippen MR) is 90.0 cm³/mol. The summed E-state index contributed by atoms with van der Waals surface area (Å²) >= 11 is 0. The van der Waals surface area contributed by atoms with Crippen LogP contribution in [0.4, 0.5) is 0 Å². The third kappa shape index (κ3) is 13.4. The highest BCUT2D eigenvalue weighted by atomic mass is 16.6. The Bertz CT molecular complexity index is 391. The summed E-state index contributed by atoms with van der Waals surface area (Å²) in [6.07, 6.45) is 13.4. The standard InChI is InChI=1S/C18H29NO3/c1-2-3-4-5-6-9-12-15-18(19(21)22)16-13-10-7-8-11-14-17-20/h15,17H,2-5,7-8,10-14,16H2,1H3.